The molecule has 0 saturated carbocycles. The van der Waals surface area contributed by atoms with Gasteiger partial charge in [0.1, 0.15) is 5.82 Å². The number of hydrogen-bond donors (Lipinski definition) is 1. The number of hydrogen-bond acceptors (Lipinski definition) is 4. The van der Waals surface area contributed by atoms with Gasteiger partial charge in [0.25, 0.3) is 0 Å². The molecule has 1 aliphatic rings. The minimum absolute atomic E-state index is 0.290. The number of nitrogens with zero attached hydrogens (tertiary/aromatic N) is 2. The Morgan fingerprint density at radius 3 is 2.60 bits per heavy atom. The fourth-order valence-electron chi connectivity index (χ4n) is 2.86. The fraction of sp³-hybridized carbons (Fsp3) is 0.533. The summed E-state index contributed by atoms with van der Waals surface area (Å²) in [5, 5.41) is 0. The van der Waals surface area contributed by atoms with Crippen molar-refractivity contribution in [1.82, 2.24) is 9.55 Å². The van der Waals surface area contributed by atoms with Crippen molar-refractivity contribution >= 4 is 11.0 Å². The van der Waals surface area contributed by atoms with Gasteiger partial charge in [-0.1, -0.05) is 13.8 Å². The summed E-state index contributed by atoms with van der Waals surface area (Å²) >= 11 is 0. The van der Waals surface area contributed by atoms with Crippen molar-refractivity contribution in [3.8, 4) is 11.5 Å². The molecule has 3 rings (SSSR count). The second kappa shape index (κ2) is 5.32. The van der Waals surface area contributed by atoms with E-state index in [0.717, 1.165) is 47.7 Å². The third kappa shape index (κ3) is 2.02. The van der Waals surface area contributed by atoms with Gasteiger partial charge in [0.2, 0.25) is 6.79 Å². The highest BCUT2D eigenvalue weighted by atomic mass is 16.7. The molecule has 1 aromatic heterocycles. The van der Waals surface area contributed by atoms with E-state index >= 15 is 0 Å². The van der Waals surface area contributed by atoms with E-state index in [9.17, 15) is 0 Å². The van der Waals surface area contributed by atoms with Crippen LogP contribution in [0.5, 0.6) is 11.5 Å². The molecular weight excluding hydrogens is 254 g/mol. The van der Waals surface area contributed by atoms with Crippen LogP contribution in [0.15, 0.2) is 12.1 Å². The minimum Gasteiger partial charge on any atom is -0.454 e. The van der Waals surface area contributed by atoms with Gasteiger partial charge in [-0.25, -0.2) is 4.98 Å². The highest BCUT2D eigenvalue weighted by molar-refractivity contribution is 5.81. The molecule has 108 valence electrons. The first-order valence-electron chi connectivity index (χ1n) is 7.28. The zero-order valence-corrected chi connectivity index (χ0v) is 12.1. The molecule has 2 heterocycles. The van der Waals surface area contributed by atoms with Crippen LogP contribution in [0, 0.1) is 0 Å². The molecule has 5 heteroatoms. The van der Waals surface area contributed by atoms with Crippen LogP contribution in [-0.4, -0.2) is 22.9 Å². The average Bonchev–Trinajstić information content (AvgIpc) is 3.03. The standard InChI is InChI=1S/C15H21N3O2/c1-3-10(4-2)15-17-11-7-13-14(20-9-19-13)8-12(11)18(15)6-5-16/h7-8,10H,3-6,9,16H2,1-2H3. The van der Waals surface area contributed by atoms with Crippen molar-refractivity contribution in [2.45, 2.75) is 39.2 Å². The summed E-state index contributed by atoms with van der Waals surface area (Å²) in [6.07, 6.45) is 2.16. The molecule has 2 N–H and O–H groups in total. The van der Waals surface area contributed by atoms with E-state index in [4.69, 9.17) is 20.2 Å². The third-order valence-corrected chi connectivity index (χ3v) is 3.98. The Kier molecular flexibility index (Phi) is 3.53. The lowest BCUT2D eigenvalue weighted by atomic mass is 10.0. The van der Waals surface area contributed by atoms with Crippen molar-refractivity contribution in [3.63, 3.8) is 0 Å². The largest absolute Gasteiger partial charge is 0.454 e. The van der Waals surface area contributed by atoms with Crippen LogP contribution in [0.2, 0.25) is 0 Å². The molecule has 0 unspecified atom stereocenters. The first-order chi connectivity index (χ1) is 9.78. The third-order valence-electron chi connectivity index (χ3n) is 3.98. The number of imidazole rings is 1. The second-order valence-corrected chi connectivity index (χ2v) is 5.12. The smallest absolute Gasteiger partial charge is 0.231 e. The Morgan fingerprint density at radius 2 is 1.95 bits per heavy atom. The van der Waals surface area contributed by atoms with E-state index in [2.05, 4.69) is 18.4 Å². The van der Waals surface area contributed by atoms with Gasteiger partial charge in [-0.3, -0.25) is 0 Å². The lowest BCUT2D eigenvalue weighted by Gasteiger charge is -2.14. The van der Waals surface area contributed by atoms with E-state index in [1.807, 2.05) is 12.1 Å². The molecule has 0 amide bonds. The average molecular weight is 275 g/mol. The Bertz CT molecular complexity index is 617. The SMILES string of the molecule is CCC(CC)c1nc2cc3c(cc2n1CCN)OCO3. The summed E-state index contributed by atoms with van der Waals surface area (Å²) in [5.74, 6) is 3.17. The van der Waals surface area contributed by atoms with Crippen LogP contribution >= 0.6 is 0 Å². The van der Waals surface area contributed by atoms with Gasteiger partial charge in [0, 0.05) is 31.1 Å². The lowest BCUT2D eigenvalue weighted by molar-refractivity contribution is 0.174. The Hall–Kier alpha value is -1.75. The van der Waals surface area contributed by atoms with Crippen molar-refractivity contribution in [2.75, 3.05) is 13.3 Å². The molecule has 1 aromatic carbocycles. The highest BCUT2D eigenvalue weighted by Crippen LogP contribution is 2.37. The number of aromatic nitrogens is 2. The normalized spacial score (nSPS) is 13.6. The van der Waals surface area contributed by atoms with Crippen LogP contribution in [0.25, 0.3) is 11.0 Å². The number of benzene rings is 1. The van der Waals surface area contributed by atoms with Gasteiger partial charge in [-0.2, -0.15) is 0 Å². The molecule has 0 bridgehead atoms. The van der Waals surface area contributed by atoms with Gasteiger partial charge in [0.05, 0.1) is 11.0 Å². The zero-order chi connectivity index (χ0) is 14.1. The van der Waals surface area contributed by atoms with Crippen LogP contribution in [0.1, 0.15) is 38.4 Å². The lowest BCUT2D eigenvalue weighted by Crippen LogP contribution is -2.14. The van der Waals surface area contributed by atoms with Crippen LogP contribution < -0.4 is 15.2 Å². The van der Waals surface area contributed by atoms with Gasteiger partial charge in [-0.05, 0) is 12.8 Å². The van der Waals surface area contributed by atoms with Crippen LogP contribution in [-0.2, 0) is 6.54 Å². The minimum atomic E-state index is 0.290. The second-order valence-electron chi connectivity index (χ2n) is 5.12. The number of nitrogens with two attached hydrogens (primary N) is 1. The maximum absolute atomic E-state index is 5.77. The van der Waals surface area contributed by atoms with Crippen molar-refractivity contribution in [1.29, 1.82) is 0 Å². The predicted octanol–water partition coefficient (Wildman–Crippen LogP) is 2.63. The van der Waals surface area contributed by atoms with E-state index in [1.165, 1.54) is 0 Å². The van der Waals surface area contributed by atoms with Gasteiger partial charge in [0.15, 0.2) is 11.5 Å². The molecule has 1 aliphatic heterocycles. The van der Waals surface area contributed by atoms with Gasteiger partial charge < -0.3 is 19.8 Å². The maximum atomic E-state index is 5.77. The van der Waals surface area contributed by atoms with E-state index in [1.54, 1.807) is 0 Å². The van der Waals surface area contributed by atoms with Crippen LogP contribution in [0.3, 0.4) is 0 Å². The Morgan fingerprint density at radius 1 is 1.25 bits per heavy atom. The molecule has 2 aromatic rings. The summed E-state index contributed by atoms with van der Waals surface area (Å²) in [5.41, 5.74) is 7.82. The first-order valence-corrected chi connectivity index (χ1v) is 7.28. The topological polar surface area (TPSA) is 62.3 Å². The highest BCUT2D eigenvalue weighted by Gasteiger charge is 2.21. The molecule has 0 saturated heterocycles. The Labute approximate surface area is 118 Å². The molecule has 5 nitrogen and oxygen atoms in total. The van der Waals surface area contributed by atoms with E-state index in [0.29, 0.717) is 12.5 Å². The van der Waals surface area contributed by atoms with Crippen molar-refractivity contribution in [3.05, 3.63) is 18.0 Å². The van der Waals surface area contributed by atoms with Crippen molar-refractivity contribution in [2.24, 2.45) is 5.73 Å². The fourth-order valence-corrected chi connectivity index (χ4v) is 2.86. The van der Waals surface area contributed by atoms with E-state index < -0.39 is 0 Å². The molecular formula is C15H21N3O2. The molecule has 0 spiro atoms. The molecule has 0 fully saturated rings. The molecule has 20 heavy (non-hydrogen) atoms. The summed E-state index contributed by atoms with van der Waals surface area (Å²) in [6.45, 7) is 6.08. The molecule has 0 radical (unpaired) electrons. The predicted molar refractivity (Wildman–Crippen MR) is 78.2 cm³/mol. The summed E-state index contributed by atoms with van der Waals surface area (Å²) in [6, 6.07) is 3.99. The summed E-state index contributed by atoms with van der Waals surface area (Å²) < 4.78 is 13.1. The first kappa shape index (κ1) is 13.2. The number of ether oxygens (including phenoxy) is 2. The number of fused-ring (bicyclic) bond motifs is 2. The summed E-state index contributed by atoms with van der Waals surface area (Å²) in [4.78, 5) is 4.82. The maximum Gasteiger partial charge on any atom is 0.231 e. The van der Waals surface area contributed by atoms with Gasteiger partial charge >= 0.3 is 0 Å². The van der Waals surface area contributed by atoms with Crippen LogP contribution in [0.4, 0.5) is 0 Å². The quantitative estimate of drug-likeness (QED) is 0.911. The monoisotopic (exact) mass is 275 g/mol. The number of rotatable bonds is 5. The molecule has 0 aliphatic carbocycles. The zero-order valence-electron chi connectivity index (χ0n) is 12.1. The van der Waals surface area contributed by atoms with Gasteiger partial charge in [-0.15, -0.1) is 0 Å². The molecule has 0 atom stereocenters. The van der Waals surface area contributed by atoms with Crippen molar-refractivity contribution < 1.29 is 9.47 Å². The summed E-state index contributed by atoms with van der Waals surface area (Å²) in [7, 11) is 0. The Balaban J connectivity index is 2.17. The van der Waals surface area contributed by atoms with E-state index in [-0.39, 0.29) is 6.79 Å².